The highest BCUT2D eigenvalue weighted by Gasteiger charge is 2.60. The molecule has 174 valence electrons. The van der Waals surface area contributed by atoms with E-state index in [2.05, 4.69) is 19.1 Å². The Kier molecular flexibility index (Phi) is 6.07. The lowest BCUT2D eigenvalue weighted by molar-refractivity contribution is -0.126. The molecule has 2 aliphatic rings. The van der Waals surface area contributed by atoms with E-state index in [1.807, 2.05) is 49.4 Å². The molecule has 2 heterocycles. The minimum atomic E-state index is -0.875. The van der Waals surface area contributed by atoms with Crippen molar-refractivity contribution in [3.8, 4) is 5.75 Å². The summed E-state index contributed by atoms with van der Waals surface area (Å²) in [7, 11) is 0. The van der Waals surface area contributed by atoms with Crippen LogP contribution in [0.4, 0.5) is 11.4 Å². The molecule has 3 aromatic carbocycles. The minimum Gasteiger partial charge on any atom is -0.494 e. The second kappa shape index (κ2) is 9.31. The van der Waals surface area contributed by atoms with Gasteiger partial charge in [0.05, 0.1) is 24.0 Å². The van der Waals surface area contributed by atoms with Gasteiger partial charge in [0.15, 0.2) is 6.10 Å². The number of fused-ring (bicyclic) bond motifs is 1. The number of carbonyl (C=O) groups excluding carboxylic acids is 2. The van der Waals surface area contributed by atoms with Crippen LogP contribution in [0.15, 0.2) is 78.9 Å². The van der Waals surface area contributed by atoms with Gasteiger partial charge in [-0.05, 0) is 60.4 Å². The summed E-state index contributed by atoms with van der Waals surface area (Å²) in [6.07, 6.45) is 0.961. The number of anilines is 2. The average Bonchev–Trinajstić information content (AvgIpc) is 3.39. The van der Waals surface area contributed by atoms with E-state index in [4.69, 9.17) is 9.57 Å². The average molecular weight is 457 g/mol. The van der Waals surface area contributed by atoms with Crippen molar-refractivity contribution in [1.82, 2.24) is 0 Å². The molecule has 0 saturated carbocycles. The molecule has 3 atom stereocenters. The van der Waals surface area contributed by atoms with Crippen LogP contribution in [0.1, 0.15) is 37.4 Å². The summed E-state index contributed by atoms with van der Waals surface area (Å²) in [6, 6.07) is 24.5. The Morgan fingerprint density at radius 1 is 0.824 bits per heavy atom. The van der Waals surface area contributed by atoms with Gasteiger partial charge in [0.25, 0.3) is 5.91 Å². The first-order valence-electron chi connectivity index (χ1n) is 11.8. The highest BCUT2D eigenvalue weighted by atomic mass is 16.7. The Morgan fingerprint density at radius 2 is 1.53 bits per heavy atom. The second-order valence-electron chi connectivity index (χ2n) is 8.61. The standard InChI is InChI=1S/C28H28N2O4/c1-3-18-33-23-16-14-21(15-17-23)29-27(31)24-25(20-12-10-19(4-2)11-13-20)30(34-26(24)28(29)32)22-8-6-5-7-9-22/h5-17,24-26H,3-4,18H2,1-2H3/t24-,25+,26+/m1/s1. The molecule has 2 aliphatic heterocycles. The van der Waals surface area contributed by atoms with Crippen molar-refractivity contribution in [2.24, 2.45) is 5.92 Å². The van der Waals surface area contributed by atoms with Crippen molar-refractivity contribution in [3.63, 3.8) is 0 Å². The van der Waals surface area contributed by atoms with Gasteiger partial charge in [-0.1, -0.05) is 56.3 Å². The van der Waals surface area contributed by atoms with E-state index in [1.54, 1.807) is 29.3 Å². The molecule has 2 fully saturated rings. The number of aryl methyl sites for hydroxylation is 1. The molecule has 0 bridgehead atoms. The fourth-order valence-electron chi connectivity index (χ4n) is 4.67. The SMILES string of the molecule is CCCOc1ccc(N2C(=O)[C@H]3[C@H](ON(c4ccccc4)[C@H]3c3ccc(CC)cc3)C2=O)cc1. The van der Waals surface area contributed by atoms with E-state index in [9.17, 15) is 9.59 Å². The highest BCUT2D eigenvalue weighted by Crippen LogP contribution is 2.47. The summed E-state index contributed by atoms with van der Waals surface area (Å²) in [4.78, 5) is 34.6. The molecular formula is C28H28N2O4. The van der Waals surface area contributed by atoms with Crippen LogP contribution in [0.5, 0.6) is 5.75 Å². The third-order valence-corrected chi connectivity index (χ3v) is 6.42. The van der Waals surface area contributed by atoms with Gasteiger partial charge in [-0.25, -0.2) is 9.96 Å². The van der Waals surface area contributed by atoms with Gasteiger partial charge in [0.1, 0.15) is 11.7 Å². The molecule has 6 heteroatoms. The molecule has 34 heavy (non-hydrogen) atoms. The van der Waals surface area contributed by atoms with E-state index in [1.165, 1.54) is 10.5 Å². The van der Waals surface area contributed by atoms with Crippen LogP contribution in [0, 0.1) is 5.92 Å². The smallest absolute Gasteiger partial charge is 0.266 e. The molecule has 0 aliphatic carbocycles. The Labute approximate surface area is 199 Å². The van der Waals surface area contributed by atoms with Crippen molar-refractivity contribution in [2.75, 3.05) is 16.6 Å². The normalized spacial score (nSPS) is 21.8. The van der Waals surface area contributed by atoms with Crippen molar-refractivity contribution in [2.45, 2.75) is 38.8 Å². The number of hydrogen-bond acceptors (Lipinski definition) is 5. The van der Waals surface area contributed by atoms with Crippen molar-refractivity contribution < 1.29 is 19.2 Å². The van der Waals surface area contributed by atoms with Gasteiger partial charge >= 0.3 is 0 Å². The highest BCUT2D eigenvalue weighted by molar-refractivity contribution is 6.23. The van der Waals surface area contributed by atoms with Crippen LogP contribution in [0.25, 0.3) is 0 Å². The number of rotatable bonds is 7. The third-order valence-electron chi connectivity index (χ3n) is 6.42. The van der Waals surface area contributed by atoms with Crippen LogP contribution in [0.3, 0.4) is 0 Å². The summed E-state index contributed by atoms with van der Waals surface area (Å²) in [5, 5.41) is 1.73. The Bertz CT molecular complexity index is 1160. The first-order valence-corrected chi connectivity index (χ1v) is 11.8. The summed E-state index contributed by atoms with van der Waals surface area (Å²) < 4.78 is 5.64. The number of imide groups is 1. The maximum atomic E-state index is 13.7. The Balaban J connectivity index is 1.49. The lowest BCUT2D eigenvalue weighted by Gasteiger charge is -2.29. The van der Waals surface area contributed by atoms with Crippen molar-refractivity contribution >= 4 is 23.2 Å². The summed E-state index contributed by atoms with van der Waals surface area (Å²) >= 11 is 0. The van der Waals surface area contributed by atoms with Gasteiger partial charge in [0, 0.05) is 0 Å². The van der Waals surface area contributed by atoms with Gasteiger partial charge in [-0.3, -0.25) is 14.4 Å². The number of carbonyl (C=O) groups is 2. The number of benzene rings is 3. The number of hydrogen-bond donors (Lipinski definition) is 0. The number of ether oxygens (including phenoxy) is 1. The van der Waals surface area contributed by atoms with Crippen LogP contribution >= 0.6 is 0 Å². The van der Waals surface area contributed by atoms with Gasteiger partial charge in [0.2, 0.25) is 5.91 Å². The van der Waals surface area contributed by atoms with Crippen LogP contribution in [-0.2, 0) is 20.8 Å². The molecule has 0 spiro atoms. The fraction of sp³-hybridized carbons (Fsp3) is 0.286. The molecule has 6 nitrogen and oxygen atoms in total. The molecule has 2 amide bonds. The third kappa shape index (κ3) is 3.84. The zero-order chi connectivity index (χ0) is 23.7. The molecule has 0 N–H and O–H groups in total. The zero-order valence-electron chi connectivity index (χ0n) is 19.4. The maximum Gasteiger partial charge on any atom is 0.266 e. The predicted octanol–water partition coefficient (Wildman–Crippen LogP) is 5.09. The number of amides is 2. The first kappa shape index (κ1) is 22.2. The summed E-state index contributed by atoms with van der Waals surface area (Å²) in [5.41, 5.74) is 3.50. The number of hydroxylamine groups is 1. The summed E-state index contributed by atoms with van der Waals surface area (Å²) in [5.74, 6) is -0.521. The summed E-state index contributed by atoms with van der Waals surface area (Å²) in [6.45, 7) is 4.77. The molecule has 0 radical (unpaired) electrons. The Morgan fingerprint density at radius 3 is 2.18 bits per heavy atom. The molecule has 2 saturated heterocycles. The zero-order valence-corrected chi connectivity index (χ0v) is 19.4. The van der Waals surface area contributed by atoms with E-state index in [-0.39, 0.29) is 11.8 Å². The first-order chi connectivity index (χ1) is 16.6. The van der Waals surface area contributed by atoms with E-state index in [0.29, 0.717) is 18.0 Å². The number of nitrogens with zero attached hydrogens (tertiary/aromatic N) is 2. The Hall–Kier alpha value is -3.64. The topological polar surface area (TPSA) is 59.1 Å². The van der Waals surface area contributed by atoms with E-state index in [0.717, 1.165) is 24.1 Å². The molecular weight excluding hydrogens is 428 g/mol. The minimum absolute atomic E-state index is 0.250. The predicted molar refractivity (Wildman–Crippen MR) is 131 cm³/mol. The van der Waals surface area contributed by atoms with Gasteiger partial charge < -0.3 is 4.74 Å². The van der Waals surface area contributed by atoms with Crippen LogP contribution < -0.4 is 14.7 Å². The van der Waals surface area contributed by atoms with Crippen molar-refractivity contribution in [1.29, 1.82) is 0 Å². The quantitative estimate of drug-likeness (QED) is 0.464. The maximum absolute atomic E-state index is 13.7. The molecule has 5 rings (SSSR count). The van der Waals surface area contributed by atoms with Gasteiger partial charge in [-0.15, -0.1) is 0 Å². The van der Waals surface area contributed by atoms with Gasteiger partial charge in [-0.2, -0.15) is 0 Å². The molecule has 3 aromatic rings. The van der Waals surface area contributed by atoms with E-state index < -0.39 is 18.1 Å². The van der Waals surface area contributed by atoms with Crippen molar-refractivity contribution in [3.05, 3.63) is 90.0 Å². The lowest BCUT2D eigenvalue weighted by Crippen LogP contribution is -2.37. The monoisotopic (exact) mass is 456 g/mol. The van der Waals surface area contributed by atoms with E-state index >= 15 is 0 Å². The second-order valence-corrected chi connectivity index (χ2v) is 8.61. The largest absolute Gasteiger partial charge is 0.494 e. The van der Waals surface area contributed by atoms with Crippen LogP contribution in [0.2, 0.25) is 0 Å². The van der Waals surface area contributed by atoms with Crippen LogP contribution in [-0.4, -0.2) is 24.5 Å². The molecule has 0 unspecified atom stereocenters. The lowest BCUT2D eigenvalue weighted by atomic mass is 9.90. The fourth-order valence-corrected chi connectivity index (χ4v) is 4.67. The number of para-hydroxylation sites is 1. The molecule has 0 aromatic heterocycles.